The molecule has 0 radical (unpaired) electrons. The predicted molar refractivity (Wildman–Crippen MR) is 81.0 cm³/mol. The van der Waals surface area contributed by atoms with Gasteiger partial charge in [0.2, 0.25) is 5.91 Å². The second-order valence-corrected chi connectivity index (χ2v) is 5.34. The molecule has 2 unspecified atom stereocenters. The Kier molecular flexibility index (Phi) is 6.11. The van der Waals surface area contributed by atoms with E-state index in [9.17, 15) is 4.79 Å². The van der Waals surface area contributed by atoms with Crippen molar-refractivity contribution < 1.29 is 4.79 Å². The normalized spacial score (nSPS) is 18.4. The molecule has 0 saturated carbocycles. The number of fused-ring (bicyclic) bond motifs is 1. The largest absolute Gasteiger partial charge is 0.349 e. The Morgan fingerprint density at radius 2 is 2.26 bits per heavy atom. The molecule has 0 aliphatic heterocycles. The summed E-state index contributed by atoms with van der Waals surface area (Å²) >= 11 is 5.97. The lowest BCUT2D eigenvalue weighted by Gasteiger charge is -2.17. The van der Waals surface area contributed by atoms with Gasteiger partial charge in [0, 0.05) is 17.5 Å². The Hall–Kier alpha value is -0.770. The Morgan fingerprint density at radius 3 is 2.95 bits per heavy atom. The molecule has 0 fully saturated rings. The first-order chi connectivity index (χ1) is 8.61. The van der Waals surface area contributed by atoms with Crippen molar-refractivity contribution in [2.24, 2.45) is 5.92 Å². The van der Waals surface area contributed by atoms with Gasteiger partial charge in [-0.1, -0.05) is 24.6 Å². The van der Waals surface area contributed by atoms with Gasteiger partial charge in [-0.3, -0.25) is 4.79 Å². The van der Waals surface area contributed by atoms with Crippen LogP contribution in [0.1, 0.15) is 30.5 Å². The molecule has 106 valence electrons. The van der Waals surface area contributed by atoms with E-state index in [0.29, 0.717) is 6.54 Å². The van der Waals surface area contributed by atoms with Crippen LogP contribution in [0.3, 0.4) is 0 Å². The molecule has 5 heteroatoms. The third-order valence-corrected chi connectivity index (χ3v) is 3.69. The molecule has 0 aromatic heterocycles. The van der Waals surface area contributed by atoms with E-state index in [0.717, 1.165) is 17.9 Å². The van der Waals surface area contributed by atoms with E-state index in [-0.39, 0.29) is 30.3 Å². The lowest BCUT2D eigenvalue weighted by Crippen LogP contribution is -2.36. The summed E-state index contributed by atoms with van der Waals surface area (Å²) in [5, 5.41) is 6.91. The van der Waals surface area contributed by atoms with E-state index in [2.05, 4.69) is 10.6 Å². The van der Waals surface area contributed by atoms with E-state index in [1.165, 1.54) is 11.1 Å². The fraction of sp³-hybridized carbons (Fsp3) is 0.500. The van der Waals surface area contributed by atoms with Crippen molar-refractivity contribution in [3.8, 4) is 0 Å². The van der Waals surface area contributed by atoms with Crippen molar-refractivity contribution in [3.63, 3.8) is 0 Å². The Labute approximate surface area is 125 Å². The molecule has 1 amide bonds. The molecule has 2 atom stereocenters. The van der Waals surface area contributed by atoms with Gasteiger partial charge >= 0.3 is 0 Å². The summed E-state index contributed by atoms with van der Waals surface area (Å²) in [6, 6.07) is 6.06. The Morgan fingerprint density at radius 1 is 1.53 bits per heavy atom. The lowest BCUT2D eigenvalue weighted by atomic mass is 10.1. The zero-order valence-electron chi connectivity index (χ0n) is 11.2. The molecule has 1 aliphatic rings. The highest BCUT2D eigenvalue weighted by molar-refractivity contribution is 6.30. The van der Waals surface area contributed by atoms with Crippen molar-refractivity contribution in [1.82, 2.24) is 10.6 Å². The van der Waals surface area contributed by atoms with E-state index in [1.807, 2.05) is 32.2 Å². The number of hydrogen-bond acceptors (Lipinski definition) is 2. The van der Waals surface area contributed by atoms with E-state index in [4.69, 9.17) is 11.6 Å². The highest BCUT2D eigenvalue weighted by Gasteiger charge is 2.25. The summed E-state index contributed by atoms with van der Waals surface area (Å²) in [6.07, 6.45) is 1.95. The molecule has 0 heterocycles. The van der Waals surface area contributed by atoms with Crippen LogP contribution in [-0.2, 0) is 11.2 Å². The third kappa shape index (κ3) is 3.85. The quantitative estimate of drug-likeness (QED) is 0.898. The minimum Gasteiger partial charge on any atom is -0.349 e. The van der Waals surface area contributed by atoms with Gasteiger partial charge in [-0.2, -0.15) is 0 Å². The number of aryl methyl sites for hydroxylation is 1. The van der Waals surface area contributed by atoms with Crippen molar-refractivity contribution >= 4 is 29.9 Å². The maximum Gasteiger partial charge on any atom is 0.224 e. The van der Waals surface area contributed by atoms with Gasteiger partial charge in [0.15, 0.2) is 0 Å². The van der Waals surface area contributed by atoms with E-state index >= 15 is 0 Å². The average Bonchev–Trinajstić information content (AvgIpc) is 2.72. The number of amides is 1. The van der Waals surface area contributed by atoms with E-state index in [1.54, 1.807) is 0 Å². The van der Waals surface area contributed by atoms with Crippen LogP contribution in [0.4, 0.5) is 0 Å². The van der Waals surface area contributed by atoms with Crippen LogP contribution < -0.4 is 10.6 Å². The monoisotopic (exact) mass is 302 g/mol. The first-order valence-corrected chi connectivity index (χ1v) is 6.73. The highest BCUT2D eigenvalue weighted by atomic mass is 35.5. The molecule has 0 spiro atoms. The molecular formula is C14H20Cl2N2O. The second kappa shape index (κ2) is 7.13. The van der Waals surface area contributed by atoms with Crippen LogP contribution >= 0.6 is 24.0 Å². The van der Waals surface area contributed by atoms with Crippen LogP contribution in [0.2, 0.25) is 5.02 Å². The van der Waals surface area contributed by atoms with Gasteiger partial charge in [0.05, 0.1) is 6.04 Å². The molecule has 2 rings (SSSR count). The second-order valence-electron chi connectivity index (χ2n) is 4.90. The summed E-state index contributed by atoms with van der Waals surface area (Å²) in [4.78, 5) is 12.0. The number of halogens is 2. The Bertz CT molecular complexity index is 451. The minimum absolute atomic E-state index is 0. The molecule has 19 heavy (non-hydrogen) atoms. The van der Waals surface area contributed by atoms with Gasteiger partial charge in [-0.05, 0) is 43.1 Å². The molecule has 2 N–H and O–H groups in total. The van der Waals surface area contributed by atoms with Gasteiger partial charge in [-0.15, -0.1) is 12.4 Å². The summed E-state index contributed by atoms with van der Waals surface area (Å²) in [5.41, 5.74) is 2.47. The molecule has 0 bridgehead atoms. The van der Waals surface area contributed by atoms with Crippen LogP contribution in [0.25, 0.3) is 0 Å². The van der Waals surface area contributed by atoms with Gasteiger partial charge in [0.1, 0.15) is 0 Å². The predicted octanol–water partition coefficient (Wildman–Crippen LogP) is 2.72. The van der Waals surface area contributed by atoms with E-state index < -0.39 is 0 Å². The number of hydrogen-bond donors (Lipinski definition) is 2. The maximum absolute atomic E-state index is 12.0. The summed E-state index contributed by atoms with van der Waals surface area (Å²) in [6.45, 7) is 2.63. The summed E-state index contributed by atoms with van der Waals surface area (Å²) < 4.78 is 0. The van der Waals surface area contributed by atoms with Crippen molar-refractivity contribution in [1.29, 1.82) is 0 Å². The number of nitrogens with one attached hydrogen (secondary N) is 2. The SMILES string of the molecule is CNCC(C)C(=O)NC1CCc2cc(Cl)ccc21.Cl. The first-order valence-electron chi connectivity index (χ1n) is 6.35. The molecule has 1 aliphatic carbocycles. The zero-order valence-corrected chi connectivity index (χ0v) is 12.8. The summed E-state index contributed by atoms with van der Waals surface area (Å²) in [7, 11) is 1.86. The highest BCUT2D eigenvalue weighted by Crippen LogP contribution is 2.32. The third-order valence-electron chi connectivity index (χ3n) is 3.46. The fourth-order valence-electron chi connectivity index (χ4n) is 2.45. The maximum atomic E-state index is 12.0. The molecule has 3 nitrogen and oxygen atoms in total. The van der Waals surface area contributed by atoms with Crippen LogP contribution in [-0.4, -0.2) is 19.5 Å². The van der Waals surface area contributed by atoms with Crippen molar-refractivity contribution in [2.75, 3.05) is 13.6 Å². The summed E-state index contributed by atoms with van der Waals surface area (Å²) in [5.74, 6) is 0.100. The Balaban J connectivity index is 0.00000180. The molecule has 0 saturated heterocycles. The number of carbonyl (C=O) groups is 1. The number of carbonyl (C=O) groups excluding carboxylic acids is 1. The van der Waals surface area contributed by atoms with Gasteiger partial charge in [0.25, 0.3) is 0 Å². The van der Waals surface area contributed by atoms with Gasteiger partial charge in [-0.25, -0.2) is 0 Å². The standard InChI is InChI=1S/C14H19ClN2O.ClH/c1-9(8-16-2)14(18)17-13-6-3-10-7-11(15)4-5-12(10)13;/h4-5,7,9,13,16H,3,6,8H2,1-2H3,(H,17,18);1H. The first kappa shape index (κ1) is 16.3. The van der Waals surface area contributed by atoms with Crippen molar-refractivity contribution in [3.05, 3.63) is 34.3 Å². The van der Waals surface area contributed by atoms with Crippen LogP contribution in [0, 0.1) is 5.92 Å². The molecule has 1 aromatic rings. The number of rotatable bonds is 4. The van der Waals surface area contributed by atoms with Gasteiger partial charge < -0.3 is 10.6 Å². The fourth-order valence-corrected chi connectivity index (χ4v) is 2.64. The average molecular weight is 303 g/mol. The molecular weight excluding hydrogens is 283 g/mol. The topological polar surface area (TPSA) is 41.1 Å². The number of benzene rings is 1. The lowest BCUT2D eigenvalue weighted by molar-refractivity contribution is -0.125. The minimum atomic E-state index is -0.00801. The van der Waals surface area contributed by atoms with Crippen LogP contribution in [0.5, 0.6) is 0 Å². The molecule has 1 aromatic carbocycles. The zero-order chi connectivity index (χ0) is 13.1. The smallest absolute Gasteiger partial charge is 0.224 e. The van der Waals surface area contributed by atoms with Crippen molar-refractivity contribution in [2.45, 2.75) is 25.8 Å². The van der Waals surface area contributed by atoms with Crippen LogP contribution in [0.15, 0.2) is 18.2 Å².